The van der Waals surface area contributed by atoms with Crippen molar-refractivity contribution in [2.24, 2.45) is 17.8 Å². The minimum atomic E-state index is -0.693. The average Bonchev–Trinajstić information content (AvgIpc) is 2.20. The molecule has 0 aromatic rings. The van der Waals surface area contributed by atoms with Crippen LogP contribution in [0.1, 0.15) is 52.4 Å². The van der Waals surface area contributed by atoms with Crippen LogP contribution in [0.25, 0.3) is 0 Å². The Morgan fingerprint density at radius 2 is 1.50 bits per heavy atom. The zero-order valence-electron chi connectivity index (χ0n) is 10.2. The van der Waals surface area contributed by atoms with Gasteiger partial charge < -0.3 is 5.11 Å². The van der Waals surface area contributed by atoms with Gasteiger partial charge in [-0.1, -0.05) is 13.8 Å². The fourth-order valence-electron chi connectivity index (χ4n) is 2.41. The number of carbonyl (C=O) groups is 2. The maximum Gasteiger partial charge on any atom is 0.303 e. The van der Waals surface area contributed by atoms with Crippen LogP contribution in [0.3, 0.4) is 0 Å². The highest BCUT2D eigenvalue weighted by atomic mass is 16.4. The van der Waals surface area contributed by atoms with Crippen molar-refractivity contribution < 1.29 is 14.7 Å². The maximum atomic E-state index is 11.6. The van der Waals surface area contributed by atoms with Crippen LogP contribution in [-0.4, -0.2) is 16.9 Å². The minimum Gasteiger partial charge on any atom is -0.481 e. The van der Waals surface area contributed by atoms with E-state index in [1.807, 2.05) is 13.8 Å². The molecule has 1 aliphatic carbocycles. The van der Waals surface area contributed by atoms with E-state index in [1.165, 1.54) is 0 Å². The minimum absolute atomic E-state index is 0.136. The molecule has 0 atom stereocenters. The lowest BCUT2D eigenvalue weighted by Crippen LogP contribution is -2.20. The van der Waals surface area contributed by atoms with E-state index in [9.17, 15) is 9.59 Å². The first-order chi connectivity index (χ1) is 7.49. The van der Waals surface area contributed by atoms with Gasteiger partial charge in [-0.05, 0) is 37.5 Å². The first-order valence-electron chi connectivity index (χ1n) is 6.23. The van der Waals surface area contributed by atoms with Gasteiger partial charge in [-0.15, -0.1) is 0 Å². The van der Waals surface area contributed by atoms with Crippen molar-refractivity contribution in [3.05, 3.63) is 0 Å². The van der Waals surface area contributed by atoms with Crippen LogP contribution in [0.4, 0.5) is 0 Å². The van der Waals surface area contributed by atoms with Crippen molar-refractivity contribution >= 4 is 11.8 Å². The molecule has 0 heterocycles. The van der Waals surface area contributed by atoms with E-state index < -0.39 is 5.97 Å². The fraction of sp³-hybridized carbons (Fsp3) is 0.846. The molecule has 0 aromatic carbocycles. The van der Waals surface area contributed by atoms with E-state index in [0.29, 0.717) is 30.5 Å². The second-order valence-corrected chi connectivity index (χ2v) is 5.31. The summed E-state index contributed by atoms with van der Waals surface area (Å²) in [5.74, 6) is 0.628. The number of Topliss-reactive ketones (excluding diaryl/α,β-unsaturated/α-hetero) is 1. The van der Waals surface area contributed by atoms with Crippen LogP contribution >= 0.6 is 0 Å². The predicted molar refractivity (Wildman–Crippen MR) is 62.2 cm³/mol. The number of carbonyl (C=O) groups excluding carboxylic acids is 1. The van der Waals surface area contributed by atoms with Gasteiger partial charge in [0, 0.05) is 18.8 Å². The molecule has 92 valence electrons. The standard InChI is InChI=1S/C13H22O3/c1-9(2)12(14)7-10-3-5-11(6-4-10)8-13(15)16/h9-11H,3-8H2,1-2H3,(H,15,16). The Bertz CT molecular complexity index is 250. The van der Waals surface area contributed by atoms with Crippen molar-refractivity contribution in [1.29, 1.82) is 0 Å². The van der Waals surface area contributed by atoms with Gasteiger partial charge in [0.2, 0.25) is 0 Å². The second kappa shape index (κ2) is 6.02. The summed E-state index contributed by atoms with van der Waals surface area (Å²) in [6.07, 6.45) is 4.99. The molecule has 3 heteroatoms. The highest BCUT2D eigenvalue weighted by Gasteiger charge is 2.24. The summed E-state index contributed by atoms with van der Waals surface area (Å²) in [4.78, 5) is 22.1. The SMILES string of the molecule is CC(C)C(=O)CC1CCC(CC(=O)O)CC1. The number of ketones is 1. The van der Waals surface area contributed by atoms with Crippen molar-refractivity contribution in [2.45, 2.75) is 52.4 Å². The van der Waals surface area contributed by atoms with E-state index in [-0.39, 0.29) is 5.92 Å². The molecule has 0 unspecified atom stereocenters. The molecule has 3 nitrogen and oxygen atoms in total. The van der Waals surface area contributed by atoms with E-state index in [4.69, 9.17) is 5.11 Å². The third kappa shape index (κ3) is 4.33. The highest BCUT2D eigenvalue weighted by Crippen LogP contribution is 2.33. The molecule has 1 fully saturated rings. The Balaban J connectivity index is 2.27. The van der Waals surface area contributed by atoms with Crippen LogP contribution in [0.5, 0.6) is 0 Å². The summed E-state index contributed by atoms with van der Waals surface area (Å²) in [5.41, 5.74) is 0. The second-order valence-electron chi connectivity index (χ2n) is 5.31. The summed E-state index contributed by atoms with van der Waals surface area (Å²) in [5, 5.41) is 8.70. The first-order valence-corrected chi connectivity index (χ1v) is 6.23. The molecular weight excluding hydrogens is 204 g/mol. The molecule has 0 radical (unpaired) electrons. The van der Waals surface area contributed by atoms with Gasteiger partial charge in [0.25, 0.3) is 0 Å². The lowest BCUT2D eigenvalue weighted by molar-refractivity contribution is -0.138. The largest absolute Gasteiger partial charge is 0.481 e. The van der Waals surface area contributed by atoms with Crippen LogP contribution in [0, 0.1) is 17.8 Å². The van der Waals surface area contributed by atoms with E-state index in [0.717, 1.165) is 25.7 Å². The number of rotatable bonds is 5. The maximum absolute atomic E-state index is 11.6. The molecule has 16 heavy (non-hydrogen) atoms. The summed E-state index contributed by atoms with van der Waals surface area (Å²) in [6.45, 7) is 3.89. The van der Waals surface area contributed by atoms with Crippen LogP contribution in [0.15, 0.2) is 0 Å². The van der Waals surface area contributed by atoms with E-state index in [1.54, 1.807) is 0 Å². The number of hydrogen-bond acceptors (Lipinski definition) is 2. The number of carboxylic acids is 1. The third-order valence-corrected chi connectivity index (χ3v) is 3.56. The molecule has 0 saturated heterocycles. The van der Waals surface area contributed by atoms with E-state index >= 15 is 0 Å². The molecule has 0 amide bonds. The van der Waals surface area contributed by atoms with Gasteiger partial charge in [-0.2, -0.15) is 0 Å². The Morgan fingerprint density at radius 1 is 1.06 bits per heavy atom. The normalized spacial score (nSPS) is 25.7. The summed E-state index contributed by atoms with van der Waals surface area (Å²) in [6, 6.07) is 0. The Hall–Kier alpha value is -0.860. The van der Waals surface area contributed by atoms with Gasteiger partial charge in [-0.3, -0.25) is 9.59 Å². The smallest absolute Gasteiger partial charge is 0.303 e. The van der Waals surface area contributed by atoms with Gasteiger partial charge in [-0.25, -0.2) is 0 Å². The van der Waals surface area contributed by atoms with Crippen molar-refractivity contribution in [3.8, 4) is 0 Å². The Kier molecular flexibility index (Phi) is 4.97. The molecule has 0 bridgehead atoms. The number of aliphatic carboxylic acids is 1. The Labute approximate surface area is 97.2 Å². The van der Waals surface area contributed by atoms with Gasteiger partial charge in [0.05, 0.1) is 0 Å². The molecule has 0 spiro atoms. The Morgan fingerprint density at radius 3 is 1.88 bits per heavy atom. The van der Waals surface area contributed by atoms with Crippen molar-refractivity contribution in [1.82, 2.24) is 0 Å². The lowest BCUT2D eigenvalue weighted by Gasteiger charge is -2.27. The zero-order chi connectivity index (χ0) is 12.1. The topological polar surface area (TPSA) is 54.4 Å². The molecule has 1 rings (SSSR count). The fourth-order valence-corrected chi connectivity index (χ4v) is 2.41. The monoisotopic (exact) mass is 226 g/mol. The van der Waals surface area contributed by atoms with Gasteiger partial charge >= 0.3 is 5.97 Å². The summed E-state index contributed by atoms with van der Waals surface area (Å²) < 4.78 is 0. The lowest BCUT2D eigenvalue weighted by atomic mass is 9.78. The summed E-state index contributed by atoms with van der Waals surface area (Å²) in [7, 11) is 0. The molecule has 0 aromatic heterocycles. The quantitative estimate of drug-likeness (QED) is 0.784. The molecule has 1 N–H and O–H groups in total. The van der Waals surface area contributed by atoms with Crippen LogP contribution < -0.4 is 0 Å². The molecular formula is C13H22O3. The van der Waals surface area contributed by atoms with Crippen LogP contribution in [-0.2, 0) is 9.59 Å². The molecule has 1 saturated carbocycles. The first kappa shape index (κ1) is 13.2. The van der Waals surface area contributed by atoms with E-state index in [2.05, 4.69) is 0 Å². The van der Waals surface area contributed by atoms with Crippen molar-refractivity contribution in [3.63, 3.8) is 0 Å². The summed E-state index contributed by atoms with van der Waals surface area (Å²) >= 11 is 0. The third-order valence-electron chi connectivity index (χ3n) is 3.56. The van der Waals surface area contributed by atoms with Gasteiger partial charge in [0.1, 0.15) is 5.78 Å². The van der Waals surface area contributed by atoms with Crippen molar-refractivity contribution in [2.75, 3.05) is 0 Å². The zero-order valence-corrected chi connectivity index (χ0v) is 10.2. The van der Waals surface area contributed by atoms with Gasteiger partial charge in [0.15, 0.2) is 0 Å². The predicted octanol–water partition coefficient (Wildman–Crippen LogP) is 2.88. The number of carboxylic acid groups (broad SMARTS) is 1. The number of hydrogen-bond donors (Lipinski definition) is 1. The molecule has 1 aliphatic rings. The highest BCUT2D eigenvalue weighted by molar-refractivity contribution is 5.80. The molecule has 0 aliphatic heterocycles. The van der Waals surface area contributed by atoms with Crippen LogP contribution in [0.2, 0.25) is 0 Å². The average molecular weight is 226 g/mol.